The van der Waals surface area contributed by atoms with Crippen LogP contribution in [-0.2, 0) is 17.8 Å². The third-order valence-corrected chi connectivity index (χ3v) is 6.21. The summed E-state index contributed by atoms with van der Waals surface area (Å²) in [7, 11) is 0. The van der Waals surface area contributed by atoms with Crippen LogP contribution in [0.1, 0.15) is 40.3 Å². The Kier molecular flexibility index (Phi) is 5.42. The number of aryl methyl sites for hydroxylation is 1. The lowest BCUT2D eigenvalue weighted by molar-refractivity contribution is -0.119. The Balaban J connectivity index is 1.43. The van der Waals surface area contributed by atoms with Crippen molar-refractivity contribution in [1.82, 2.24) is 14.9 Å². The van der Waals surface area contributed by atoms with E-state index in [1.54, 1.807) is 0 Å². The SMILES string of the molecule is Cc1ccc(C(=O)N[C@@H](C)c2nc3ccccc3n2CC(=O)N2CCc3ccccc32)cc1. The third-order valence-electron chi connectivity index (χ3n) is 6.21. The minimum atomic E-state index is -0.370. The average molecular weight is 439 g/mol. The molecule has 0 unspecified atom stereocenters. The van der Waals surface area contributed by atoms with Crippen LogP contribution in [0.25, 0.3) is 11.0 Å². The van der Waals surface area contributed by atoms with Crippen molar-refractivity contribution in [2.75, 3.05) is 11.4 Å². The molecule has 6 heteroatoms. The van der Waals surface area contributed by atoms with Crippen molar-refractivity contribution < 1.29 is 9.59 Å². The molecule has 0 saturated carbocycles. The maximum absolute atomic E-state index is 13.4. The minimum Gasteiger partial charge on any atom is -0.342 e. The van der Waals surface area contributed by atoms with Crippen LogP contribution in [0.15, 0.2) is 72.8 Å². The molecule has 1 atom stereocenters. The van der Waals surface area contributed by atoms with Gasteiger partial charge in [-0.15, -0.1) is 0 Å². The molecule has 2 heterocycles. The van der Waals surface area contributed by atoms with E-state index in [0.717, 1.165) is 28.7 Å². The first-order valence-electron chi connectivity index (χ1n) is 11.2. The van der Waals surface area contributed by atoms with Crippen molar-refractivity contribution in [2.45, 2.75) is 32.9 Å². The first kappa shape index (κ1) is 20.9. The second-order valence-electron chi connectivity index (χ2n) is 8.53. The summed E-state index contributed by atoms with van der Waals surface area (Å²) >= 11 is 0. The summed E-state index contributed by atoms with van der Waals surface area (Å²) in [5.41, 5.74) is 5.56. The Morgan fingerprint density at radius 2 is 1.73 bits per heavy atom. The van der Waals surface area contributed by atoms with Crippen molar-refractivity contribution in [2.24, 2.45) is 0 Å². The highest BCUT2D eigenvalue weighted by molar-refractivity contribution is 5.96. The van der Waals surface area contributed by atoms with E-state index >= 15 is 0 Å². The normalized spacial score (nSPS) is 13.7. The molecule has 33 heavy (non-hydrogen) atoms. The van der Waals surface area contributed by atoms with Gasteiger partial charge in [0.05, 0.1) is 17.1 Å². The van der Waals surface area contributed by atoms with Gasteiger partial charge in [0, 0.05) is 17.8 Å². The maximum atomic E-state index is 13.4. The van der Waals surface area contributed by atoms with Crippen LogP contribution in [0, 0.1) is 6.92 Å². The van der Waals surface area contributed by atoms with Crippen LogP contribution in [-0.4, -0.2) is 27.9 Å². The van der Waals surface area contributed by atoms with Crippen molar-refractivity contribution in [3.8, 4) is 0 Å². The molecule has 1 aliphatic heterocycles. The zero-order chi connectivity index (χ0) is 22.9. The molecule has 166 valence electrons. The molecule has 6 nitrogen and oxygen atoms in total. The summed E-state index contributed by atoms with van der Waals surface area (Å²) in [6, 6.07) is 22.9. The average Bonchev–Trinajstić information content (AvgIpc) is 3.41. The van der Waals surface area contributed by atoms with Crippen molar-refractivity contribution >= 4 is 28.5 Å². The van der Waals surface area contributed by atoms with E-state index in [1.807, 2.05) is 90.0 Å². The summed E-state index contributed by atoms with van der Waals surface area (Å²) in [5.74, 6) is 0.514. The standard InChI is InChI=1S/C27H26N4O2/c1-18-11-13-21(14-12-18)27(33)28-19(2)26-29-22-8-4-6-10-24(22)31(26)17-25(32)30-16-15-20-7-3-5-9-23(20)30/h3-14,19H,15-17H2,1-2H3,(H,28,33)/t19-/m0/s1. The van der Waals surface area contributed by atoms with Gasteiger partial charge in [0.1, 0.15) is 12.4 Å². The van der Waals surface area contributed by atoms with Gasteiger partial charge in [-0.3, -0.25) is 9.59 Å². The van der Waals surface area contributed by atoms with Crippen LogP contribution < -0.4 is 10.2 Å². The van der Waals surface area contributed by atoms with Gasteiger partial charge in [0.15, 0.2) is 0 Å². The molecule has 0 fully saturated rings. The Hall–Kier alpha value is -3.93. The number of carbonyl (C=O) groups is 2. The number of nitrogens with one attached hydrogen (secondary N) is 1. The molecular formula is C27H26N4O2. The second kappa shape index (κ2) is 8.54. The predicted octanol–water partition coefficient (Wildman–Crippen LogP) is 4.43. The van der Waals surface area contributed by atoms with Gasteiger partial charge in [0.25, 0.3) is 5.91 Å². The molecule has 0 spiro atoms. The van der Waals surface area contributed by atoms with Gasteiger partial charge in [-0.25, -0.2) is 4.98 Å². The number of para-hydroxylation sites is 3. The zero-order valence-electron chi connectivity index (χ0n) is 18.8. The predicted molar refractivity (Wildman–Crippen MR) is 129 cm³/mol. The molecule has 5 rings (SSSR count). The van der Waals surface area contributed by atoms with E-state index in [4.69, 9.17) is 4.98 Å². The topological polar surface area (TPSA) is 67.2 Å². The smallest absolute Gasteiger partial charge is 0.251 e. The van der Waals surface area contributed by atoms with Crippen molar-refractivity contribution in [3.63, 3.8) is 0 Å². The maximum Gasteiger partial charge on any atom is 0.251 e. The second-order valence-corrected chi connectivity index (χ2v) is 8.53. The number of nitrogens with zero attached hydrogens (tertiary/aromatic N) is 3. The number of anilines is 1. The molecular weight excluding hydrogens is 412 g/mol. The first-order chi connectivity index (χ1) is 16.0. The molecule has 1 aliphatic rings. The lowest BCUT2D eigenvalue weighted by atomic mass is 10.1. The van der Waals surface area contributed by atoms with E-state index in [9.17, 15) is 9.59 Å². The first-order valence-corrected chi connectivity index (χ1v) is 11.2. The number of fused-ring (bicyclic) bond motifs is 2. The third kappa shape index (κ3) is 4.00. The summed E-state index contributed by atoms with van der Waals surface area (Å²) in [6.07, 6.45) is 0.864. The van der Waals surface area contributed by atoms with Gasteiger partial charge in [-0.05, 0) is 56.2 Å². The Morgan fingerprint density at radius 1 is 1.00 bits per heavy atom. The van der Waals surface area contributed by atoms with Crippen LogP contribution in [0.3, 0.4) is 0 Å². The lowest BCUT2D eigenvalue weighted by Gasteiger charge is -2.20. The summed E-state index contributed by atoms with van der Waals surface area (Å²) in [5, 5.41) is 3.04. The molecule has 1 aromatic heterocycles. The summed E-state index contributed by atoms with van der Waals surface area (Å²) in [6.45, 7) is 4.73. The fourth-order valence-corrected chi connectivity index (χ4v) is 4.46. The number of benzene rings is 3. The molecule has 1 N–H and O–H groups in total. The molecule has 0 aliphatic carbocycles. The summed E-state index contributed by atoms with van der Waals surface area (Å²) in [4.78, 5) is 32.8. The van der Waals surface area contributed by atoms with Gasteiger partial charge < -0.3 is 14.8 Å². The van der Waals surface area contributed by atoms with Crippen molar-refractivity contribution in [3.05, 3.63) is 95.3 Å². The van der Waals surface area contributed by atoms with E-state index in [2.05, 4.69) is 11.4 Å². The number of imidazole rings is 1. The number of hydrogen-bond acceptors (Lipinski definition) is 3. The highest BCUT2D eigenvalue weighted by atomic mass is 16.2. The fourth-order valence-electron chi connectivity index (χ4n) is 4.46. The van der Waals surface area contributed by atoms with Gasteiger partial charge in [-0.2, -0.15) is 0 Å². The number of rotatable bonds is 5. The molecule has 0 bridgehead atoms. The van der Waals surface area contributed by atoms with Crippen LogP contribution in [0.4, 0.5) is 5.69 Å². The Morgan fingerprint density at radius 3 is 2.55 bits per heavy atom. The number of hydrogen-bond donors (Lipinski definition) is 1. The zero-order valence-corrected chi connectivity index (χ0v) is 18.8. The van der Waals surface area contributed by atoms with Crippen LogP contribution >= 0.6 is 0 Å². The quantitative estimate of drug-likeness (QED) is 0.501. The molecule has 0 saturated heterocycles. The summed E-state index contributed by atoms with van der Waals surface area (Å²) < 4.78 is 1.93. The molecule has 3 aromatic carbocycles. The molecule has 4 aromatic rings. The largest absolute Gasteiger partial charge is 0.342 e. The van der Waals surface area contributed by atoms with Gasteiger partial charge in [0.2, 0.25) is 5.91 Å². The number of aromatic nitrogens is 2. The fraction of sp³-hybridized carbons (Fsp3) is 0.222. The Bertz CT molecular complexity index is 1340. The highest BCUT2D eigenvalue weighted by Gasteiger charge is 2.27. The van der Waals surface area contributed by atoms with Gasteiger partial charge >= 0.3 is 0 Å². The minimum absolute atomic E-state index is 0.0152. The van der Waals surface area contributed by atoms with Gasteiger partial charge in [-0.1, -0.05) is 48.0 Å². The monoisotopic (exact) mass is 438 g/mol. The van der Waals surface area contributed by atoms with Crippen molar-refractivity contribution in [1.29, 1.82) is 0 Å². The van der Waals surface area contributed by atoms with E-state index < -0.39 is 0 Å². The van der Waals surface area contributed by atoms with E-state index in [1.165, 1.54) is 5.56 Å². The highest BCUT2D eigenvalue weighted by Crippen LogP contribution is 2.28. The Labute approximate surface area is 192 Å². The lowest BCUT2D eigenvalue weighted by Crippen LogP contribution is -2.34. The van der Waals surface area contributed by atoms with Crippen LogP contribution in [0.2, 0.25) is 0 Å². The van der Waals surface area contributed by atoms with Crippen LogP contribution in [0.5, 0.6) is 0 Å². The molecule has 2 amide bonds. The number of carbonyl (C=O) groups excluding carboxylic acids is 2. The van der Waals surface area contributed by atoms with E-state index in [0.29, 0.717) is 17.9 Å². The number of amides is 2. The van der Waals surface area contributed by atoms with E-state index in [-0.39, 0.29) is 24.4 Å². The molecule has 0 radical (unpaired) electrons.